The van der Waals surface area contributed by atoms with E-state index in [1.54, 1.807) is 0 Å². The van der Waals surface area contributed by atoms with Crippen LogP contribution in [0.3, 0.4) is 0 Å². The number of benzene rings is 1. The zero-order chi connectivity index (χ0) is 21.7. The van der Waals surface area contributed by atoms with Crippen molar-refractivity contribution in [1.29, 1.82) is 0 Å². The number of aliphatic carboxylic acids is 2. The molecule has 29 heavy (non-hydrogen) atoms. The number of carboxylic acid groups (broad SMARTS) is 2. The molecule has 8 nitrogen and oxygen atoms in total. The molecule has 0 saturated heterocycles. The van der Waals surface area contributed by atoms with Crippen LogP contribution in [0, 0.1) is 17.6 Å². The van der Waals surface area contributed by atoms with E-state index in [0.717, 1.165) is 16.7 Å². The molecule has 10 heteroatoms. The Kier molecular flexibility index (Phi) is 7.27. The second-order valence-corrected chi connectivity index (χ2v) is 7.19. The first-order valence-corrected chi connectivity index (χ1v) is 8.99. The highest BCUT2D eigenvalue weighted by Gasteiger charge is 2.27. The number of rotatable bonds is 10. The molecule has 0 saturated carbocycles. The maximum Gasteiger partial charge on any atom is 0.328 e. The first-order valence-electron chi connectivity index (χ1n) is 8.99. The van der Waals surface area contributed by atoms with Crippen molar-refractivity contribution < 1.29 is 28.6 Å². The molecule has 0 aliphatic rings. The lowest BCUT2D eigenvalue weighted by Crippen LogP contribution is -2.50. The van der Waals surface area contributed by atoms with Gasteiger partial charge in [0.2, 0.25) is 0 Å². The van der Waals surface area contributed by atoms with E-state index in [1.165, 1.54) is 23.0 Å². The number of imidazole rings is 1. The Morgan fingerprint density at radius 2 is 1.66 bits per heavy atom. The highest BCUT2D eigenvalue weighted by Crippen LogP contribution is 2.10. The number of nitrogens with zero attached hydrogens (tertiary/aromatic N) is 2. The Labute approximate surface area is 165 Å². The fourth-order valence-electron chi connectivity index (χ4n) is 2.90. The van der Waals surface area contributed by atoms with Crippen LogP contribution in [-0.4, -0.2) is 43.4 Å². The molecule has 0 unspecified atom stereocenters. The van der Waals surface area contributed by atoms with E-state index in [2.05, 4.69) is 5.32 Å². The van der Waals surface area contributed by atoms with Crippen LogP contribution in [0.2, 0.25) is 0 Å². The summed E-state index contributed by atoms with van der Waals surface area (Å²) in [5, 5.41) is 21.3. The lowest BCUT2D eigenvalue weighted by atomic mass is 10.0. The molecule has 0 fully saturated rings. The molecule has 2 atom stereocenters. The monoisotopic (exact) mass is 411 g/mol. The second-order valence-electron chi connectivity index (χ2n) is 7.19. The molecule has 0 amide bonds. The van der Waals surface area contributed by atoms with E-state index in [-0.39, 0.29) is 25.4 Å². The molecule has 3 N–H and O–H groups in total. The summed E-state index contributed by atoms with van der Waals surface area (Å²) in [7, 11) is 0. The Morgan fingerprint density at radius 3 is 2.21 bits per heavy atom. The minimum Gasteiger partial charge on any atom is -0.480 e. The lowest BCUT2D eigenvalue weighted by Gasteiger charge is -2.21. The number of carbonyl (C=O) groups is 2. The maximum atomic E-state index is 13.3. The van der Waals surface area contributed by atoms with Crippen molar-refractivity contribution in [3.8, 4) is 0 Å². The van der Waals surface area contributed by atoms with Gasteiger partial charge in [-0.1, -0.05) is 19.9 Å². The van der Waals surface area contributed by atoms with Gasteiger partial charge in [0, 0.05) is 12.4 Å². The predicted octanol–water partition coefficient (Wildman–Crippen LogP) is 1.52. The normalized spacial score (nSPS) is 13.4. The van der Waals surface area contributed by atoms with Crippen molar-refractivity contribution in [1.82, 2.24) is 14.5 Å². The highest BCUT2D eigenvalue weighted by molar-refractivity contribution is 5.77. The average Bonchev–Trinajstić information content (AvgIpc) is 2.96. The van der Waals surface area contributed by atoms with Gasteiger partial charge in [-0.2, -0.15) is 0 Å². The molecule has 0 spiro atoms. The van der Waals surface area contributed by atoms with Gasteiger partial charge in [0.15, 0.2) is 11.6 Å². The van der Waals surface area contributed by atoms with Gasteiger partial charge < -0.3 is 10.2 Å². The third kappa shape index (κ3) is 5.98. The van der Waals surface area contributed by atoms with Gasteiger partial charge in [-0.3, -0.25) is 24.0 Å². The van der Waals surface area contributed by atoms with Crippen molar-refractivity contribution in [2.75, 3.05) is 0 Å². The summed E-state index contributed by atoms with van der Waals surface area (Å²) in [4.78, 5) is 35.5. The zero-order valence-corrected chi connectivity index (χ0v) is 16.0. The number of aromatic nitrogens is 2. The molecule has 0 radical (unpaired) electrons. The van der Waals surface area contributed by atoms with Gasteiger partial charge in [-0.25, -0.2) is 13.6 Å². The summed E-state index contributed by atoms with van der Waals surface area (Å²) < 4.78 is 28.7. The number of hydrogen-bond acceptors (Lipinski definition) is 4. The first-order chi connectivity index (χ1) is 13.6. The average molecular weight is 411 g/mol. The van der Waals surface area contributed by atoms with Crippen molar-refractivity contribution in [2.45, 2.75) is 45.4 Å². The molecule has 0 aliphatic carbocycles. The van der Waals surface area contributed by atoms with Crippen LogP contribution in [0.5, 0.6) is 0 Å². The molecule has 2 aromatic rings. The largest absolute Gasteiger partial charge is 0.480 e. The quantitative estimate of drug-likeness (QED) is 0.546. The van der Waals surface area contributed by atoms with Crippen LogP contribution in [0.4, 0.5) is 8.78 Å². The number of halogens is 2. The van der Waals surface area contributed by atoms with Gasteiger partial charge in [0.1, 0.15) is 12.1 Å². The summed E-state index contributed by atoms with van der Waals surface area (Å²) in [6.45, 7) is 3.31. The third-order valence-electron chi connectivity index (χ3n) is 4.34. The molecule has 1 heterocycles. The topological polar surface area (TPSA) is 114 Å². The van der Waals surface area contributed by atoms with Gasteiger partial charge in [-0.05, 0) is 30.0 Å². The van der Waals surface area contributed by atoms with Gasteiger partial charge >= 0.3 is 17.6 Å². The molecule has 1 aromatic carbocycles. The predicted molar refractivity (Wildman–Crippen MR) is 99.6 cm³/mol. The first kappa shape index (κ1) is 22.3. The standard InChI is InChI=1S/C19H23F2N3O5/c1-11(2)7-15(17(25)26)22-16(18(27)28)10-24-6-5-23(19(24)29)9-12-3-4-13(20)14(21)8-12/h3-6,8,11,15-16,22H,7,9-10H2,1-2H3,(H,25,26)(H,27,28)/t15-,16-/m0/s1. The van der Waals surface area contributed by atoms with Gasteiger partial charge in [-0.15, -0.1) is 0 Å². The SMILES string of the molecule is CC(C)C[C@H](N[C@@H](Cn1ccn(Cc2ccc(F)c(F)c2)c1=O)C(=O)O)C(=O)O. The van der Waals surface area contributed by atoms with E-state index in [0.29, 0.717) is 5.56 Å². The van der Waals surface area contributed by atoms with E-state index < -0.39 is 41.3 Å². The number of hydrogen-bond donors (Lipinski definition) is 3. The van der Waals surface area contributed by atoms with E-state index in [4.69, 9.17) is 0 Å². The fourth-order valence-corrected chi connectivity index (χ4v) is 2.90. The maximum absolute atomic E-state index is 13.3. The molecule has 1 aromatic heterocycles. The molecular weight excluding hydrogens is 388 g/mol. The van der Waals surface area contributed by atoms with E-state index in [1.807, 2.05) is 13.8 Å². The number of carboxylic acids is 2. The van der Waals surface area contributed by atoms with Crippen LogP contribution in [-0.2, 0) is 22.7 Å². The lowest BCUT2D eigenvalue weighted by molar-refractivity contribution is -0.143. The van der Waals surface area contributed by atoms with E-state index in [9.17, 15) is 33.4 Å². The summed E-state index contributed by atoms with van der Waals surface area (Å²) in [6.07, 6.45) is 2.98. The highest BCUT2D eigenvalue weighted by atomic mass is 19.2. The van der Waals surface area contributed by atoms with E-state index >= 15 is 0 Å². The Bertz CT molecular complexity index is 938. The summed E-state index contributed by atoms with van der Waals surface area (Å²) >= 11 is 0. The van der Waals surface area contributed by atoms with Gasteiger partial charge in [0.25, 0.3) is 0 Å². The zero-order valence-electron chi connectivity index (χ0n) is 16.0. The molecule has 0 bridgehead atoms. The minimum atomic E-state index is -1.30. The smallest absolute Gasteiger partial charge is 0.328 e. The van der Waals surface area contributed by atoms with Crippen molar-refractivity contribution in [2.24, 2.45) is 5.92 Å². The molecule has 0 aliphatic heterocycles. The van der Waals surface area contributed by atoms with Crippen LogP contribution < -0.4 is 11.0 Å². The second kappa shape index (κ2) is 9.46. The van der Waals surface area contributed by atoms with Crippen molar-refractivity contribution >= 4 is 11.9 Å². The summed E-state index contributed by atoms with van der Waals surface area (Å²) in [5.41, 5.74) is -0.196. The molecular formula is C19H23F2N3O5. The minimum absolute atomic E-state index is 0.0259. The van der Waals surface area contributed by atoms with Crippen molar-refractivity contribution in [3.63, 3.8) is 0 Å². The van der Waals surface area contributed by atoms with Gasteiger partial charge in [0.05, 0.1) is 13.1 Å². The fraction of sp³-hybridized carbons (Fsp3) is 0.421. The Hall–Kier alpha value is -3.01. The Balaban J connectivity index is 2.16. The third-order valence-corrected chi connectivity index (χ3v) is 4.34. The van der Waals surface area contributed by atoms with Crippen LogP contribution in [0.25, 0.3) is 0 Å². The van der Waals surface area contributed by atoms with Crippen LogP contribution in [0.15, 0.2) is 35.4 Å². The van der Waals surface area contributed by atoms with Crippen LogP contribution in [0.1, 0.15) is 25.8 Å². The summed E-state index contributed by atoms with van der Waals surface area (Å²) in [6, 6.07) is 0.900. The Morgan fingerprint density at radius 1 is 1.03 bits per heavy atom. The summed E-state index contributed by atoms with van der Waals surface area (Å²) in [5.74, 6) is -4.47. The number of nitrogens with one attached hydrogen (secondary N) is 1. The molecule has 2 rings (SSSR count). The molecule has 158 valence electrons. The van der Waals surface area contributed by atoms with Crippen LogP contribution >= 0.6 is 0 Å². The van der Waals surface area contributed by atoms with Crippen molar-refractivity contribution in [3.05, 3.63) is 58.3 Å².